The van der Waals surface area contributed by atoms with Gasteiger partial charge in [-0.2, -0.15) is 0 Å². The fourth-order valence-corrected chi connectivity index (χ4v) is 1.95. The molecule has 0 aliphatic carbocycles. The highest BCUT2D eigenvalue weighted by molar-refractivity contribution is 5.40. The summed E-state index contributed by atoms with van der Waals surface area (Å²) in [4.78, 5) is 0. The summed E-state index contributed by atoms with van der Waals surface area (Å²) in [6.45, 7) is 4.16. The van der Waals surface area contributed by atoms with Gasteiger partial charge in [-0.3, -0.25) is 0 Å². The molecule has 0 saturated carbocycles. The van der Waals surface area contributed by atoms with Crippen LogP contribution in [0.5, 0.6) is 5.75 Å². The molecule has 0 aromatic heterocycles. The number of hydrogen-bond acceptors (Lipinski definition) is 2. The molecule has 0 bridgehead atoms. The van der Waals surface area contributed by atoms with E-state index in [-0.39, 0.29) is 12.1 Å². The molecule has 0 unspecified atom stereocenters. The summed E-state index contributed by atoms with van der Waals surface area (Å²) in [5, 5.41) is 0. The van der Waals surface area contributed by atoms with Crippen LogP contribution in [-0.4, -0.2) is 12.1 Å². The Balaban J connectivity index is 2.32. The van der Waals surface area contributed by atoms with Crippen molar-refractivity contribution in [1.29, 1.82) is 0 Å². The van der Waals surface area contributed by atoms with Gasteiger partial charge in [-0.25, -0.2) is 0 Å². The molecule has 0 radical (unpaired) electrons. The Morgan fingerprint density at radius 1 is 1.38 bits per heavy atom. The van der Waals surface area contributed by atoms with Gasteiger partial charge in [0, 0.05) is 17.5 Å². The molecule has 1 aliphatic heterocycles. The molecule has 1 heterocycles. The zero-order valence-electron chi connectivity index (χ0n) is 8.03. The van der Waals surface area contributed by atoms with E-state index < -0.39 is 0 Å². The molecule has 1 aromatic carbocycles. The van der Waals surface area contributed by atoms with Gasteiger partial charge in [0.1, 0.15) is 11.9 Å². The van der Waals surface area contributed by atoms with Crippen molar-refractivity contribution in [2.45, 2.75) is 31.9 Å². The third kappa shape index (κ3) is 1.31. The fourth-order valence-electron chi connectivity index (χ4n) is 1.95. The van der Waals surface area contributed by atoms with Crippen LogP contribution in [0.3, 0.4) is 0 Å². The Kier molecular flexibility index (Phi) is 2.00. The lowest BCUT2D eigenvalue weighted by Gasteiger charge is -2.18. The van der Waals surface area contributed by atoms with Crippen LogP contribution in [0.15, 0.2) is 24.3 Å². The molecule has 70 valence electrons. The zero-order chi connectivity index (χ0) is 9.42. The van der Waals surface area contributed by atoms with Crippen LogP contribution in [0, 0.1) is 0 Å². The highest BCUT2D eigenvalue weighted by Gasteiger charge is 2.32. The monoisotopic (exact) mass is 177 g/mol. The predicted molar refractivity (Wildman–Crippen MR) is 52.9 cm³/mol. The van der Waals surface area contributed by atoms with Crippen molar-refractivity contribution in [1.82, 2.24) is 0 Å². The predicted octanol–water partition coefficient (Wildman–Crippen LogP) is 1.90. The lowest BCUT2D eigenvalue weighted by atomic mass is 9.94. The highest BCUT2D eigenvalue weighted by atomic mass is 16.5. The molecule has 1 aliphatic rings. The molecule has 0 amide bonds. The van der Waals surface area contributed by atoms with Crippen molar-refractivity contribution < 1.29 is 4.74 Å². The summed E-state index contributed by atoms with van der Waals surface area (Å²) >= 11 is 0. The van der Waals surface area contributed by atoms with Crippen LogP contribution in [0.4, 0.5) is 0 Å². The van der Waals surface area contributed by atoms with Crippen LogP contribution < -0.4 is 10.5 Å². The Labute approximate surface area is 78.7 Å². The minimum absolute atomic E-state index is 0.0856. The maximum atomic E-state index is 5.84. The van der Waals surface area contributed by atoms with E-state index in [1.54, 1.807) is 0 Å². The second-order valence-corrected chi connectivity index (χ2v) is 3.77. The molecule has 13 heavy (non-hydrogen) atoms. The third-order valence-corrected chi connectivity index (χ3v) is 2.68. The molecule has 3 atom stereocenters. The molecular formula is C11H15NO. The van der Waals surface area contributed by atoms with Gasteiger partial charge in [-0.05, 0) is 13.0 Å². The van der Waals surface area contributed by atoms with Crippen LogP contribution in [0.2, 0.25) is 0 Å². The summed E-state index contributed by atoms with van der Waals surface area (Å²) < 4.78 is 5.76. The summed E-state index contributed by atoms with van der Waals surface area (Å²) in [5.74, 6) is 1.41. The van der Waals surface area contributed by atoms with E-state index >= 15 is 0 Å². The Bertz CT molecular complexity index is 309. The Hall–Kier alpha value is -1.02. The molecule has 0 fully saturated rings. The van der Waals surface area contributed by atoms with Crippen molar-refractivity contribution in [2.24, 2.45) is 5.73 Å². The van der Waals surface area contributed by atoms with E-state index in [1.165, 1.54) is 5.56 Å². The average Bonchev–Trinajstić information content (AvgIpc) is 2.45. The summed E-state index contributed by atoms with van der Waals surface area (Å²) in [7, 11) is 0. The molecule has 0 saturated heterocycles. The fraction of sp³-hybridized carbons (Fsp3) is 0.455. The number of hydrogen-bond donors (Lipinski definition) is 1. The van der Waals surface area contributed by atoms with Crippen LogP contribution >= 0.6 is 0 Å². The second-order valence-electron chi connectivity index (χ2n) is 3.77. The SMILES string of the molecule is C[C@H](N)[C@@H]1Oc2ccccc2[C@@H]1C. The number of ether oxygens (including phenoxy) is 1. The van der Waals surface area contributed by atoms with Gasteiger partial charge >= 0.3 is 0 Å². The largest absolute Gasteiger partial charge is 0.488 e. The van der Waals surface area contributed by atoms with Gasteiger partial charge in [-0.1, -0.05) is 25.1 Å². The first-order valence-electron chi connectivity index (χ1n) is 4.71. The van der Waals surface area contributed by atoms with E-state index in [1.807, 2.05) is 25.1 Å². The van der Waals surface area contributed by atoms with E-state index in [9.17, 15) is 0 Å². The normalized spacial score (nSPS) is 27.9. The first-order chi connectivity index (χ1) is 6.20. The molecule has 2 nitrogen and oxygen atoms in total. The smallest absolute Gasteiger partial charge is 0.123 e. The first-order valence-corrected chi connectivity index (χ1v) is 4.71. The lowest BCUT2D eigenvalue weighted by molar-refractivity contribution is 0.185. The second kappa shape index (κ2) is 3.04. The lowest BCUT2D eigenvalue weighted by Crippen LogP contribution is -2.36. The Morgan fingerprint density at radius 2 is 2.08 bits per heavy atom. The summed E-state index contributed by atoms with van der Waals surface area (Å²) in [5.41, 5.74) is 7.12. The molecule has 2 heteroatoms. The average molecular weight is 177 g/mol. The van der Waals surface area contributed by atoms with Crippen LogP contribution in [-0.2, 0) is 0 Å². The van der Waals surface area contributed by atoms with Gasteiger partial charge in [-0.15, -0.1) is 0 Å². The molecule has 1 aromatic rings. The number of nitrogens with two attached hydrogens (primary N) is 1. The van der Waals surface area contributed by atoms with Gasteiger partial charge in [0.2, 0.25) is 0 Å². The summed E-state index contributed by atoms with van der Waals surface area (Å²) in [6, 6.07) is 8.25. The van der Waals surface area contributed by atoms with E-state index in [0.717, 1.165) is 5.75 Å². The minimum atomic E-state index is 0.0856. The van der Waals surface area contributed by atoms with E-state index in [4.69, 9.17) is 10.5 Å². The number of para-hydroxylation sites is 1. The number of rotatable bonds is 1. The maximum Gasteiger partial charge on any atom is 0.123 e. The quantitative estimate of drug-likeness (QED) is 0.711. The van der Waals surface area contributed by atoms with Crippen molar-refractivity contribution in [3.63, 3.8) is 0 Å². The molecule has 0 spiro atoms. The van der Waals surface area contributed by atoms with Crippen LogP contribution in [0.1, 0.15) is 25.3 Å². The van der Waals surface area contributed by atoms with E-state index in [0.29, 0.717) is 5.92 Å². The molecule has 2 rings (SSSR count). The van der Waals surface area contributed by atoms with Crippen molar-refractivity contribution in [3.8, 4) is 5.75 Å². The van der Waals surface area contributed by atoms with Gasteiger partial charge in [0.05, 0.1) is 0 Å². The van der Waals surface area contributed by atoms with Crippen molar-refractivity contribution in [3.05, 3.63) is 29.8 Å². The first kappa shape index (κ1) is 8.57. The third-order valence-electron chi connectivity index (χ3n) is 2.68. The summed E-state index contributed by atoms with van der Waals surface area (Å²) in [6.07, 6.45) is 0.136. The van der Waals surface area contributed by atoms with E-state index in [2.05, 4.69) is 13.0 Å². The Morgan fingerprint density at radius 3 is 2.69 bits per heavy atom. The van der Waals surface area contributed by atoms with Crippen LogP contribution in [0.25, 0.3) is 0 Å². The topological polar surface area (TPSA) is 35.2 Å². The highest BCUT2D eigenvalue weighted by Crippen LogP contribution is 2.38. The van der Waals surface area contributed by atoms with Crippen molar-refractivity contribution >= 4 is 0 Å². The van der Waals surface area contributed by atoms with Crippen molar-refractivity contribution in [2.75, 3.05) is 0 Å². The van der Waals surface area contributed by atoms with Gasteiger partial charge in [0.25, 0.3) is 0 Å². The maximum absolute atomic E-state index is 5.84. The number of benzene rings is 1. The van der Waals surface area contributed by atoms with Gasteiger partial charge in [0.15, 0.2) is 0 Å². The van der Waals surface area contributed by atoms with Gasteiger partial charge < -0.3 is 10.5 Å². The number of fused-ring (bicyclic) bond motifs is 1. The standard InChI is InChI=1S/C11H15NO/c1-7-9-5-3-4-6-10(9)13-11(7)8(2)12/h3-8,11H,12H2,1-2H3/t7-,8-,11+/m0/s1. The molecule has 2 N–H and O–H groups in total. The minimum Gasteiger partial charge on any atom is -0.488 e. The molecular weight excluding hydrogens is 162 g/mol. The zero-order valence-corrected chi connectivity index (χ0v) is 8.03.